The quantitative estimate of drug-likeness (QED) is 0.400. The fourth-order valence-electron chi connectivity index (χ4n) is 2.88. The molecule has 0 saturated carbocycles. The molecule has 2 N–H and O–H groups in total. The van der Waals surface area contributed by atoms with Crippen LogP contribution in [-0.4, -0.2) is 0 Å². The average Bonchev–Trinajstić information content (AvgIpc) is 2.52. The van der Waals surface area contributed by atoms with Gasteiger partial charge < -0.3 is 10.2 Å². The normalized spacial score (nSPS) is 11.1. The number of benzene rings is 1. The monoisotopic (exact) mass is 301 g/mol. The standard InChI is InChI=1S/C19H27NO2/c1-2-3-4-5-6-7-8-9-10-15-11-13-17(20)16-12-14-18(21)22-19(15)16/h11-14H,2-10,20H2,1H3. The minimum atomic E-state index is -0.310. The number of nitrogen functional groups attached to an aromatic ring is 1. The van der Waals surface area contributed by atoms with Gasteiger partial charge in [-0.3, -0.25) is 0 Å². The molecule has 0 radical (unpaired) electrons. The number of anilines is 1. The summed E-state index contributed by atoms with van der Waals surface area (Å²) in [4.78, 5) is 11.4. The van der Waals surface area contributed by atoms with Crippen LogP contribution in [0.2, 0.25) is 0 Å². The van der Waals surface area contributed by atoms with E-state index in [1.54, 1.807) is 6.07 Å². The lowest BCUT2D eigenvalue weighted by Gasteiger charge is -2.07. The fourth-order valence-corrected chi connectivity index (χ4v) is 2.88. The molecule has 3 heteroatoms. The van der Waals surface area contributed by atoms with E-state index in [0.29, 0.717) is 11.3 Å². The first-order valence-corrected chi connectivity index (χ1v) is 8.53. The fraction of sp³-hybridized carbons (Fsp3) is 0.526. The molecule has 1 aromatic carbocycles. The first-order chi connectivity index (χ1) is 10.7. The second-order valence-electron chi connectivity index (χ2n) is 6.04. The number of nitrogens with two attached hydrogens (primary N) is 1. The van der Waals surface area contributed by atoms with Gasteiger partial charge in [0.15, 0.2) is 0 Å². The predicted octanol–water partition coefficient (Wildman–Crippen LogP) is 5.06. The zero-order valence-corrected chi connectivity index (χ0v) is 13.6. The highest BCUT2D eigenvalue weighted by Gasteiger charge is 2.07. The van der Waals surface area contributed by atoms with Crippen molar-refractivity contribution in [1.29, 1.82) is 0 Å². The smallest absolute Gasteiger partial charge is 0.336 e. The van der Waals surface area contributed by atoms with Gasteiger partial charge in [-0.2, -0.15) is 0 Å². The molecule has 1 aromatic heterocycles. The zero-order valence-electron chi connectivity index (χ0n) is 13.6. The Hall–Kier alpha value is -1.77. The van der Waals surface area contributed by atoms with E-state index in [-0.39, 0.29) is 5.63 Å². The molecule has 0 aliphatic carbocycles. The van der Waals surface area contributed by atoms with Crippen molar-refractivity contribution in [2.24, 2.45) is 0 Å². The van der Waals surface area contributed by atoms with Gasteiger partial charge in [0.25, 0.3) is 0 Å². The van der Waals surface area contributed by atoms with E-state index in [2.05, 4.69) is 6.92 Å². The lowest BCUT2D eigenvalue weighted by Crippen LogP contribution is -1.99. The van der Waals surface area contributed by atoms with Gasteiger partial charge in [0.05, 0.1) is 0 Å². The van der Waals surface area contributed by atoms with E-state index in [1.165, 1.54) is 51.0 Å². The maximum Gasteiger partial charge on any atom is 0.336 e. The molecule has 1 heterocycles. The van der Waals surface area contributed by atoms with Crippen molar-refractivity contribution < 1.29 is 4.42 Å². The van der Waals surface area contributed by atoms with Crippen LogP contribution in [0.3, 0.4) is 0 Å². The Morgan fingerprint density at radius 1 is 0.909 bits per heavy atom. The Morgan fingerprint density at radius 2 is 1.59 bits per heavy atom. The van der Waals surface area contributed by atoms with Crippen molar-refractivity contribution in [2.45, 2.75) is 64.7 Å². The summed E-state index contributed by atoms with van der Waals surface area (Å²) in [6.07, 6.45) is 11.3. The average molecular weight is 301 g/mol. The Bertz CT molecular complexity index is 645. The number of rotatable bonds is 9. The lowest BCUT2D eigenvalue weighted by atomic mass is 10.0. The van der Waals surface area contributed by atoms with Gasteiger partial charge in [0, 0.05) is 17.1 Å². The Kier molecular flexibility index (Phi) is 6.50. The third-order valence-electron chi connectivity index (χ3n) is 4.20. The van der Waals surface area contributed by atoms with Gasteiger partial charge in [-0.1, -0.05) is 57.9 Å². The van der Waals surface area contributed by atoms with Crippen molar-refractivity contribution in [3.8, 4) is 0 Å². The molecule has 0 unspecified atom stereocenters. The maximum absolute atomic E-state index is 11.4. The number of aryl methyl sites for hydroxylation is 1. The van der Waals surface area contributed by atoms with Crippen LogP contribution in [0.4, 0.5) is 5.69 Å². The molecule has 22 heavy (non-hydrogen) atoms. The van der Waals surface area contributed by atoms with Crippen molar-refractivity contribution in [1.82, 2.24) is 0 Å². The molecule has 3 nitrogen and oxygen atoms in total. The summed E-state index contributed by atoms with van der Waals surface area (Å²) in [6.45, 7) is 2.25. The molecule has 2 rings (SSSR count). The van der Waals surface area contributed by atoms with Crippen LogP contribution in [0.5, 0.6) is 0 Å². The highest BCUT2D eigenvalue weighted by Crippen LogP contribution is 2.24. The molecule has 0 atom stereocenters. The number of hydrogen-bond acceptors (Lipinski definition) is 3. The van der Waals surface area contributed by atoms with Crippen molar-refractivity contribution in [3.05, 3.63) is 40.2 Å². The largest absolute Gasteiger partial charge is 0.422 e. The topological polar surface area (TPSA) is 56.2 Å². The van der Waals surface area contributed by atoms with E-state index in [0.717, 1.165) is 23.8 Å². The van der Waals surface area contributed by atoms with Crippen molar-refractivity contribution >= 4 is 16.7 Å². The van der Waals surface area contributed by atoms with Gasteiger partial charge >= 0.3 is 5.63 Å². The van der Waals surface area contributed by atoms with E-state index >= 15 is 0 Å². The van der Waals surface area contributed by atoms with Gasteiger partial charge in [-0.15, -0.1) is 0 Å². The lowest BCUT2D eigenvalue weighted by molar-refractivity contribution is 0.551. The van der Waals surface area contributed by atoms with Crippen LogP contribution < -0.4 is 11.4 Å². The molecular formula is C19H27NO2. The van der Waals surface area contributed by atoms with Crippen LogP contribution in [0.25, 0.3) is 11.0 Å². The highest BCUT2D eigenvalue weighted by molar-refractivity contribution is 5.90. The van der Waals surface area contributed by atoms with Crippen LogP contribution in [0, 0.1) is 0 Å². The van der Waals surface area contributed by atoms with Crippen LogP contribution >= 0.6 is 0 Å². The van der Waals surface area contributed by atoms with Gasteiger partial charge in [0.2, 0.25) is 0 Å². The molecule has 0 bridgehead atoms. The zero-order chi connectivity index (χ0) is 15.8. The molecule has 0 aliphatic heterocycles. The highest BCUT2D eigenvalue weighted by atomic mass is 16.4. The molecule has 0 spiro atoms. The Balaban J connectivity index is 1.86. The second-order valence-corrected chi connectivity index (χ2v) is 6.04. The summed E-state index contributed by atoms with van der Waals surface area (Å²) in [7, 11) is 0. The van der Waals surface area contributed by atoms with Crippen molar-refractivity contribution in [3.63, 3.8) is 0 Å². The summed E-state index contributed by atoms with van der Waals surface area (Å²) < 4.78 is 5.36. The third-order valence-corrected chi connectivity index (χ3v) is 4.20. The summed E-state index contributed by atoms with van der Waals surface area (Å²) in [6, 6.07) is 7.08. The predicted molar refractivity (Wildman–Crippen MR) is 93.2 cm³/mol. The van der Waals surface area contributed by atoms with Gasteiger partial charge in [0.1, 0.15) is 5.58 Å². The van der Waals surface area contributed by atoms with Gasteiger partial charge in [-0.25, -0.2) is 4.79 Å². The molecule has 0 fully saturated rings. The first-order valence-electron chi connectivity index (χ1n) is 8.53. The van der Waals surface area contributed by atoms with E-state index in [9.17, 15) is 4.79 Å². The molecule has 0 amide bonds. The summed E-state index contributed by atoms with van der Waals surface area (Å²) in [5, 5.41) is 0.844. The van der Waals surface area contributed by atoms with Crippen LogP contribution in [0.15, 0.2) is 33.5 Å². The number of unbranched alkanes of at least 4 members (excludes halogenated alkanes) is 7. The first kappa shape index (κ1) is 16.6. The minimum absolute atomic E-state index is 0.310. The van der Waals surface area contributed by atoms with Crippen LogP contribution in [0.1, 0.15) is 63.9 Å². The summed E-state index contributed by atoms with van der Waals surface area (Å²) in [5.41, 5.74) is 8.06. The Labute approximate surface area is 132 Å². The Morgan fingerprint density at radius 3 is 2.32 bits per heavy atom. The second kappa shape index (κ2) is 8.62. The molecular weight excluding hydrogens is 274 g/mol. The van der Waals surface area contributed by atoms with Crippen molar-refractivity contribution in [2.75, 3.05) is 5.73 Å². The summed E-state index contributed by atoms with van der Waals surface area (Å²) in [5.74, 6) is 0. The third kappa shape index (κ3) is 4.62. The molecule has 0 saturated heterocycles. The van der Waals surface area contributed by atoms with E-state index in [4.69, 9.17) is 10.2 Å². The number of hydrogen-bond donors (Lipinski definition) is 1. The van der Waals surface area contributed by atoms with Gasteiger partial charge in [-0.05, 0) is 30.5 Å². The molecule has 2 aromatic rings. The summed E-state index contributed by atoms with van der Waals surface area (Å²) >= 11 is 0. The van der Waals surface area contributed by atoms with E-state index < -0.39 is 0 Å². The molecule has 0 aliphatic rings. The number of fused-ring (bicyclic) bond motifs is 1. The van der Waals surface area contributed by atoms with E-state index in [1.807, 2.05) is 12.1 Å². The SMILES string of the molecule is CCCCCCCCCCc1ccc(N)c2ccc(=O)oc12. The minimum Gasteiger partial charge on any atom is -0.422 e. The van der Waals surface area contributed by atoms with Crippen LogP contribution in [-0.2, 0) is 6.42 Å². The maximum atomic E-state index is 11.4. The molecule has 120 valence electrons.